The van der Waals surface area contributed by atoms with Crippen LogP contribution in [0, 0.1) is 12.8 Å². The second-order valence-corrected chi connectivity index (χ2v) is 7.58. The molecule has 154 valence electrons. The molecule has 0 aliphatic carbocycles. The van der Waals surface area contributed by atoms with E-state index in [0.717, 1.165) is 30.6 Å². The van der Waals surface area contributed by atoms with E-state index in [1.54, 1.807) is 0 Å². The Bertz CT molecular complexity index is 557. The second-order valence-electron chi connectivity index (χ2n) is 7.58. The van der Waals surface area contributed by atoms with Gasteiger partial charge in [-0.05, 0) is 43.7 Å². The number of para-hydroxylation sites is 1. The molecule has 1 aromatic rings. The summed E-state index contributed by atoms with van der Waals surface area (Å²) in [6.45, 7) is 11.8. The predicted octanol–water partition coefficient (Wildman–Crippen LogP) is 3.67. The molecule has 2 N–H and O–H groups in total. The van der Waals surface area contributed by atoms with Crippen molar-refractivity contribution in [2.75, 3.05) is 39.8 Å². The number of aliphatic imine (C=N–C) groups is 1. The third-order valence-electron chi connectivity index (χ3n) is 4.74. The molecule has 1 fully saturated rings. The summed E-state index contributed by atoms with van der Waals surface area (Å²) in [4.78, 5) is 6.93. The molecule has 0 saturated carbocycles. The van der Waals surface area contributed by atoms with Crippen molar-refractivity contribution < 1.29 is 4.74 Å². The Morgan fingerprint density at radius 3 is 2.59 bits per heavy atom. The number of ether oxygens (including phenoxy) is 1. The van der Waals surface area contributed by atoms with Crippen LogP contribution in [0.25, 0.3) is 0 Å². The number of nitrogens with one attached hydrogen (secondary N) is 2. The van der Waals surface area contributed by atoms with Crippen LogP contribution in [-0.2, 0) is 0 Å². The minimum atomic E-state index is 0. The van der Waals surface area contributed by atoms with E-state index >= 15 is 0 Å². The van der Waals surface area contributed by atoms with Crippen molar-refractivity contribution >= 4 is 29.9 Å². The van der Waals surface area contributed by atoms with Crippen LogP contribution in [0.5, 0.6) is 5.75 Å². The average Bonchev–Trinajstić information content (AvgIpc) is 2.63. The molecule has 6 heteroatoms. The van der Waals surface area contributed by atoms with Crippen molar-refractivity contribution in [3.63, 3.8) is 0 Å². The fraction of sp³-hybridized carbons (Fsp3) is 0.667. The number of benzene rings is 1. The molecule has 1 aliphatic heterocycles. The van der Waals surface area contributed by atoms with Crippen molar-refractivity contribution in [2.45, 2.75) is 46.1 Å². The van der Waals surface area contributed by atoms with Crippen molar-refractivity contribution in [3.05, 3.63) is 29.8 Å². The van der Waals surface area contributed by atoms with Crippen molar-refractivity contribution in [1.82, 2.24) is 15.5 Å². The van der Waals surface area contributed by atoms with Crippen LogP contribution in [-0.4, -0.2) is 56.7 Å². The maximum absolute atomic E-state index is 5.84. The van der Waals surface area contributed by atoms with Gasteiger partial charge in [0.2, 0.25) is 0 Å². The molecule has 27 heavy (non-hydrogen) atoms. The monoisotopic (exact) mass is 488 g/mol. The van der Waals surface area contributed by atoms with E-state index in [0.29, 0.717) is 12.6 Å². The first kappa shape index (κ1) is 24.0. The highest BCUT2D eigenvalue weighted by Gasteiger charge is 2.20. The largest absolute Gasteiger partial charge is 0.493 e. The quantitative estimate of drug-likeness (QED) is 0.254. The van der Waals surface area contributed by atoms with Crippen LogP contribution in [0.4, 0.5) is 0 Å². The fourth-order valence-electron chi connectivity index (χ4n) is 3.34. The number of piperidine rings is 1. The van der Waals surface area contributed by atoms with Gasteiger partial charge in [0.15, 0.2) is 5.96 Å². The molecule has 1 aromatic carbocycles. The normalized spacial score (nSPS) is 16.1. The van der Waals surface area contributed by atoms with Crippen LogP contribution in [0.1, 0.15) is 38.7 Å². The SMILES string of the molecule is CN=C(NCCCOc1ccccc1C)NC1CCN(CC(C)C)CC1.I. The highest BCUT2D eigenvalue weighted by atomic mass is 127. The molecule has 1 saturated heterocycles. The van der Waals surface area contributed by atoms with Gasteiger partial charge in [0, 0.05) is 39.3 Å². The number of hydrogen-bond donors (Lipinski definition) is 2. The average molecular weight is 488 g/mol. The number of likely N-dealkylation sites (tertiary alicyclic amines) is 1. The van der Waals surface area contributed by atoms with Crippen molar-refractivity contribution in [3.8, 4) is 5.75 Å². The molecule has 0 unspecified atom stereocenters. The second kappa shape index (κ2) is 13.2. The molecule has 0 atom stereocenters. The Morgan fingerprint density at radius 1 is 1.26 bits per heavy atom. The summed E-state index contributed by atoms with van der Waals surface area (Å²) in [6.07, 6.45) is 3.31. The van der Waals surface area contributed by atoms with Gasteiger partial charge in [0.1, 0.15) is 5.75 Å². The molecule has 0 aromatic heterocycles. The molecule has 0 spiro atoms. The molecule has 2 rings (SSSR count). The summed E-state index contributed by atoms with van der Waals surface area (Å²) < 4.78 is 5.84. The lowest BCUT2D eigenvalue weighted by atomic mass is 10.0. The Hall–Kier alpha value is -1.02. The van der Waals surface area contributed by atoms with Gasteiger partial charge in [-0.3, -0.25) is 4.99 Å². The molecule has 0 radical (unpaired) electrons. The summed E-state index contributed by atoms with van der Waals surface area (Å²) in [5, 5.41) is 6.97. The fourth-order valence-corrected chi connectivity index (χ4v) is 3.34. The van der Waals surface area contributed by atoms with Gasteiger partial charge in [-0.1, -0.05) is 32.0 Å². The lowest BCUT2D eigenvalue weighted by molar-refractivity contribution is 0.187. The summed E-state index contributed by atoms with van der Waals surface area (Å²) in [5.74, 6) is 2.63. The minimum Gasteiger partial charge on any atom is -0.493 e. The Balaban J connectivity index is 0.00000364. The molecular weight excluding hydrogens is 451 g/mol. The zero-order valence-corrected chi connectivity index (χ0v) is 19.7. The molecule has 0 bridgehead atoms. The maximum atomic E-state index is 5.84. The molecule has 1 heterocycles. The van der Waals surface area contributed by atoms with Crippen molar-refractivity contribution in [2.24, 2.45) is 10.9 Å². The number of nitrogens with zero attached hydrogens (tertiary/aromatic N) is 2. The predicted molar refractivity (Wildman–Crippen MR) is 126 cm³/mol. The van der Waals surface area contributed by atoms with Crippen LogP contribution < -0.4 is 15.4 Å². The smallest absolute Gasteiger partial charge is 0.191 e. The summed E-state index contributed by atoms with van der Waals surface area (Å²) in [5.41, 5.74) is 1.18. The van der Waals surface area contributed by atoms with Gasteiger partial charge in [0.25, 0.3) is 0 Å². The minimum absolute atomic E-state index is 0. The lowest BCUT2D eigenvalue weighted by Gasteiger charge is -2.34. The van der Waals surface area contributed by atoms with E-state index in [9.17, 15) is 0 Å². The van der Waals surface area contributed by atoms with E-state index in [1.165, 1.54) is 38.0 Å². The number of rotatable bonds is 8. The van der Waals surface area contributed by atoms with E-state index in [-0.39, 0.29) is 24.0 Å². The molecule has 5 nitrogen and oxygen atoms in total. The zero-order chi connectivity index (χ0) is 18.8. The maximum Gasteiger partial charge on any atom is 0.191 e. The van der Waals surface area contributed by atoms with Crippen LogP contribution in [0.3, 0.4) is 0 Å². The standard InChI is InChI=1S/C21H36N4O.HI/c1-17(2)16-25-13-10-19(11-14-25)24-21(22-4)23-12-7-15-26-20-9-6-5-8-18(20)3;/h5-6,8-9,17,19H,7,10-16H2,1-4H3,(H2,22,23,24);1H. The summed E-state index contributed by atoms with van der Waals surface area (Å²) in [6, 6.07) is 8.67. The Morgan fingerprint density at radius 2 is 1.96 bits per heavy atom. The van der Waals surface area contributed by atoms with E-state index in [4.69, 9.17) is 4.74 Å². The molecular formula is C21H37IN4O. The highest BCUT2D eigenvalue weighted by Crippen LogP contribution is 2.16. The number of guanidine groups is 1. The van der Waals surface area contributed by atoms with Gasteiger partial charge in [0.05, 0.1) is 6.61 Å². The number of halogens is 1. The van der Waals surface area contributed by atoms with Gasteiger partial charge in [-0.25, -0.2) is 0 Å². The van der Waals surface area contributed by atoms with Crippen LogP contribution in [0.15, 0.2) is 29.3 Å². The van der Waals surface area contributed by atoms with Crippen molar-refractivity contribution in [1.29, 1.82) is 0 Å². The van der Waals surface area contributed by atoms with Gasteiger partial charge >= 0.3 is 0 Å². The topological polar surface area (TPSA) is 48.9 Å². The summed E-state index contributed by atoms with van der Waals surface area (Å²) in [7, 11) is 1.84. The summed E-state index contributed by atoms with van der Waals surface area (Å²) >= 11 is 0. The lowest BCUT2D eigenvalue weighted by Crippen LogP contribution is -2.49. The highest BCUT2D eigenvalue weighted by molar-refractivity contribution is 14.0. The van der Waals surface area contributed by atoms with E-state index in [2.05, 4.69) is 47.4 Å². The van der Waals surface area contributed by atoms with Crippen LogP contribution in [0.2, 0.25) is 0 Å². The number of aryl methyl sites for hydroxylation is 1. The zero-order valence-electron chi connectivity index (χ0n) is 17.3. The van der Waals surface area contributed by atoms with Gasteiger partial charge in [-0.2, -0.15) is 0 Å². The van der Waals surface area contributed by atoms with Gasteiger partial charge < -0.3 is 20.3 Å². The first-order valence-electron chi connectivity index (χ1n) is 9.96. The van der Waals surface area contributed by atoms with E-state index < -0.39 is 0 Å². The first-order chi connectivity index (χ1) is 12.6. The Kier molecular flexibility index (Phi) is 11.7. The molecule has 1 aliphatic rings. The third kappa shape index (κ3) is 9.14. The number of hydrogen-bond acceptors (Lipinski definition) is 3. The Labute approximate surface area is 182 Å². The first-order valence-corrected chi connectivity index (χ1v) is 9.96. The molecule has 0 amide bonds. The van der Waals surface area contributed by atoms with Crippen LogP contribution >= 0.6 is 24.0 Å². The van der Waals surface area contributed by atoms with E-state index in [1.807, 2.05) is 25.2 Å². The third-order valence-corrected chi connectivity index (χ3v) is 4.74. The van der Waals surface area contributed by atoms with Gasteiger partial charge in [-0.15, -0.1) is 24.0 Å².